The second-order valence-electron chi connectivity index (χ2n) is 3.91. The molecule has 4 heteroatoms. The lowest BCUT2D eigenvalue weighted by Gasteiger charge is -2.21. The van der Waals surface area contributed by atoms with E-state index in [4.69, 9.17) is 10.5 Å². The summed E-state index contributed by atoms with van der Waals surface area (Å²) in [7, 11) is 0. The summed E-state index contributed by atoms with van der Waals surface area (Å²) in [6, 6.07) is 7.91. The number of thiophene rings is 1. The van der Waals surface area contributed by atoms with Crippen LogP contribution in [0.5, 0.6) is 5.75 Å². The summed E-state index contributed by atoms with van der Waals surface area (Å²) >= 11 is 1.59. The monoisotopic (exact) mass is 251 g/mol. The Morgan fingerprint density at radius 3 is 2.76 bits per heavy atom. The SMILES string of the molecule is CC(N)C(Oc1cccc(F)c1)c1ccsc1. The standard InChI is InChI=1S/C13H14FNOS/c1-9(15)13(10-5-6-17-8-10)16-12-4-2-3-11(14)7-12/h2-9,13H,15H2,1H3. The van der Waals surface area contributed by atoms with E-state index in [0.717, 1.165) is 5.56 Å². The van der Waals surface area contributed by atoms with Gasteiger partial charge in [0.2, 0.25) is 0 Å². The summed E-state index contributed by atoms with van der Waals surface area (Å²) in [5.41, 5.74) is 6.92. The van der Waals surface area contributed by atoms with Gasteiger partial charge in [-0.2, -0.15) is 11.3 Å². The Morgan fingerprint density at radius 1 is 1.35 bits per heavy atom. The first-order valence-electron chi connectivity index (χ1n) is 5.36. The van der Waals surface area contributed by atoms with E-state index >= 15 is 0 Å². The van der Waals surface area contributed by atoms with E-state index in [-0.39, 0.29) is 18.0 Å². The van der Waals surface area contributed by atoms with E-state index < -0.39 is 0 Å². The fourth-order valence-corrected chi connectivity index (χ4v) is 2.29. The van der Waals surface area contributed by atoms with Crippen LogP contribution in [-0.2, 0) is 0 Å². The molecule has 1 aromatic carbocycles. The molecule has 1 heterocycles. The van der Waals surface area contributed by atoms with Crippen molar-refractivity contribution in [3.8, 4) is 5.75 Å². The van der Waals surface area contributed by atoms with Crippen LogP contribution in [0.25, 0.3) is 0 Å². The maximum Gasteiger partial charge on any atom is 0.139 e. The van der Waals surface area contributed by atoms with E-state index in [1.165, 1.54) is 12.1 Å². The van der Waals surface area contributed by atoms with Gasteiger partial charge in [0.1, 0.15) is 17.7 Å². The van der Waals surface area contributed by atoms with Crippen LogP contribution in [-0.4, -0.2) is 6.04 Å². The molecule has 0 saturated heterocycles. The summed E-state index contributed by atoms with van der Waals surface area (Å²) < 4.78 is 18.8. The van der Waals surface area contributed by atoms with Gasteiger partial charge >= 0.3 is 0 Å². The first kappa shape index (κ1) is 12.1. The Hall–Kier alpha value is -1.39. The summed E-state index contributed by atoms with van der Waals surface area (Å²) in [5, 5.41) is 3.97. The number of rotatable bonds is 4. The summed E-state index contributed by atoms with van der Waals surface area (Å²) in [6.45, 7) is 1.88. The highest BCUT2D eigenvalue weighted by molar-refractivity contribution is 7.07. The molecule has 0 radical (unpaired) electrons. The van der Waals surface area contributed by atoms with Crippen molar-refractivity contribution in [2.45, 2.75) is 19.1 Å². The molecule has 0 aliphatic rings. The molecular formula is C13H14FNOS. The third-order valence-corrected chi connectivity index (χ3v) is 3.11. The average Bonchev–Trinajstić information content (AvgIpc) is 2.78. The Kier molecular flexibility index (Phi) is 3.76. The van der Waals surface area contributed by atoms with E-state index in [1.54, 1.807) is 23.5 Å². The van der Waals surface area contributed by atoms with Crippen molar-refractivity contribution in [3.05, 3.63) is 52.5 Å². The van der Waals surface area contributed by atoms with E-state index in [0.29, 0.717) is 5.75 Å². The number of hydrogen-bond acceptors (Lipinski definition) is 3. The van der Waals surface area contributed by atoms with Gasteiger partial charge in [0, 0.05) is 17.7 Å². The Bertz CT molecular complexity index is 470. The minimum atomic E-state index is -0.309. The van der Waals surface area contributed by atoms with E-state index in [1.807, 2.05) is 23.8 Å². The van der Waals surface area contributed by atoms with Crippen LogP contribution in [0.3, 0.4) is 0 Å². The number of benzene rings is 1. The van der Waals surface area contributed by atoms with Gasteiger partial charge in [-0.3, -0.25) is 0 Å². The topological polar surface area (TPSA) is 35.2 Å². The molecule has 2 atom stereocenters. The van der Waals surface area contributed by atoms with Crippen molar-refractivity contribution < 1.29 is 9.13 Å². The first-order chi connectivity index (χ1) is 8.16. The van der Waals surface area contributed by atoms with Crippen LogP contribution in [0.1, 0.15) is 18.6 Å². The molecule has 2 nitrogen and oxygen atoms in total. The van der Waals surface area contributed by atoms with Crippen LogP contribution < -0.4 is 10.5 Å². The fraction of sp³-hybridized carbons (Fsp3) is 0.231. The van der Waals surface area contributed by atoms with Gasteiger partial charge in [-0.15, -0.1) is 0 Å². The number of halogens is 1. The molecule has 2 aromatic rings. The molecule has 0 spiro atoms. The van der Waals surface area contributed by atoms with Crippen LogP contribution in [0.4, 0.5) is 4.39 Å². The first-order valence-corrected chi connectivity index (χ1v) is 6.31. The zero-order valence-corrected chi connectivity index (χ0v) is 10.3. The molecule has 2 unspecified atom stereocenters. The van der Waals surface area contributed by atoms with Crippen molar-refractivity contribution >= 4 is 11.3 Å². The zero-order chi connectivity index (χ0) is 12.3. The Labute approximate surface area is 104 Å². The van der Waals surface area contributed by atoms with Crippen molar-refractivity contribution in [1.29, 1.82) is 0 Å². The third kappa shape index (κ3) is 3.05. The van der Waals surface area contributed by atoms with Crippen molar-refractivity contribution in [2.24, 2.45) is 5.73 Å². The minimum Gasteiger partial charge on any atom is -0.484 e. The molecule has 0 amide bonds. The molecule has 1 aromatic heterocycles. The van der Waals surface area contributed by atoms with E-state index in [9.17, 15) is 4.39 Å². The largest absolute Gasteiger partial charge is 0.484 e. The fourth-order valence-electron chi connectivity index (χ4n) is 1.60. The number of hydrogen-bond donors (Lipinski definition) is 1. The molecule has 2 rings (SSSR count). The molecule has 17 heavy (non-hydrogen) atoms. The van der Waals surface area contributed by atoms with Crippen molar-refractivity contribution in [2.75, 3.05) is 0 Å². The molecule has 0 fully saturated rings. The van der Waals surface area contributed by atoms with Gasteiger partial charge in [-0.05, 0) is 35.9 Å². The predicted molar refractivity (Wildman–Crippen MR) is 67.7 cm³/mol. The zero-order valence-electron chi connectivity index (χ0n) is 9.47. The molecule has 0 aliphatic heterocycles. The van der Waals surface area contributed by atoms with Crippen molar-refractivity contribution in [3.63, 3.8) is 0 Å². The van der Waals surface area contributed by atoms with Crippen LogP contribution in [0.2, 0.25) is 0 Å². The van der Waals surface area contributed by atoms with Crippen LogP contribution >= 0.6 is 11.3 Å². The maximum absolute atomic E-state index is 13.1. The lowest BCUT2D eigenvalue weighted by atomic mass is 10.1. The molecular weight excluding hydrogens is 237 g/mol. The van der Waals surface area contributed by atoms with E-state index in [2.05, 4.69) is 0 Å². The molecule has 0 aliphatic carbocycles. The summed E-state index contributed by atoms with van der Waals surface area (Å²) in [5.74, 6) is 0.190. The Balaban J connectivity index is 2.19. The van der Waals surface area contributed by atoms with Gasteiger partial charge < -0.3 is 10.5 Å². The predicted octanol–water partition coefficient (Wildman–Crippen LogP) is 3.35. The smallest absolute Gasteiger partial charge is 0.139 e. The van der Waals surface area contributed by atoms with Gasteiger partial charge in [0.15, 0.2) is 0 Å². The lowest BCUT2D eigenvalue weighted by Crippen LogP contribution is -2.28. The van der Waals surface area contributed by atoms with Crippen LogP contribution in [0, 0.1) is 5.82 Å². The highest BCUT2D eigenvalue weighted by Crippen LogP contribution is 2.26. The maximum atomic E-state index is 13.1. The van der Waals surface area contributed by atoms with Gasteiger partial charge in [-0.25, -0.2) is 4.39 Å². The summed E-state index contributed by atoms with van der Waals surface area (Å²) in [6.07, 6.45) is -0.247. The highest BCUT2D eigenvalue weighted by Gasteiger charge is 2.18. The third-order valence-electron chi connectivity index (χ3n) is 2.41. The molecule has 0 bridgehead atoms. The van der Waals surface area contributed by atoms with Crippen LogP contribution in [0.15, 0.2) is 41.1 Å². The number of nitrogens with two attached hydrogens (primary N) is 1. The molecule has 90 valence electrons. The van der Waals surface area contributed by atoms with Gasteiger partial charge in [0.25, 0.3) is 0 Å². The van der Waals surface area contributed by atoms with Gasteiger partial charge in [0.05, 0.1) is 0 Å². The molecule has 0 saturated carbocycles. The van der Waals surface area contributed by atoms with Gasteiger partial charge in [-0.1, -0.05) is 6.07 Å². The molecule has 2 N–H and O–H groups in total. The second-order valence-corrected chi connectivity index (χ2v) is 4.69. The summed E-state index contributed by atoms with van der Waals surface area (Å²) in [4.78, 5) is 0. The average molecular weight is 251 g/mol. The Morgan fingerprint density at radius 2 is 2.18 bits per heavy atom. The quantitative estimate of drug-likeness (QED) is 0.904. The second kappa shape index (κ2) is 5.29. The highest BCUT2D eigenvalue weighted by atomic mass is 32.1. The minimum absolute atomic E-state index is 0.159. The lowest BCUT2D eigenvalue weighted by molar-refractivity contribution is 0.180. The normalized spacial score (nSPS) is 14.3. The van der Waals surface area contributed by atoms with Crippen molar-refractivity contribution in [1.82, 2.24) is 0 Å². The number of ether oxygens (including phenoxy) is 1.